The summed E-state index contributed by atoms with van der Waals surface area (Å²) in [5.74, 6) is -0.0557. The third kappa shape index (κ3) is 8.81. The van der Waals surface area contributed by atoms with Crippen molar-refractivity contribution in [1.82, 2.24) is 4.90 Å². The van der Waals surface area contributed by atoms with Gasteiger partial charge in [-0.25, -0.2) is 0 Å². The second-order valence-electron chi connectivity index (χ2n) is 8.38. The number of carbonyl (C=O) groups excluding carboxylic acids is 2. The van der Waals surface area contributed by atoms with Crippen molar-refractivity contribution in [2.45, 2.75) is 89.5 Å². The van der Waals surface area contributed by atoms with Crippen LogP contribution in [0.25, 0.3) is 0 Å². The van der Waals surface area contributed by atoms with Crippen LogP contribution in [0.3, 0.4) is 0 Å². The van der Waals surface area contributed by atoms with E-state index < -0.39 is 17.8 Å². The lowest BCUT2D eigenvalue weighted by Gasteiger charge is -2.26. The van der Waals surface area contributed by atoms with Crippen LogP contribution in [-0.2, 0) is 26.9 Å². The average molecular weight is 458 g/mol. The van der Waals surface area contributed by atoms with Gasteiger partial charge in [0.2, 0.25) is 5.91 Å². The normalized spacial score (nSPS) is 17.6. The maximum atomic E-state index is 12.9. The summed E-state index contributed by atoms with van der Waals surface area (Å²) < 4.78 is 43.5. The number of hydrogen-bond donors (Lipinski definition) is 1. The number of rotatable bonds is 13. The highest BCUT2D eigenvalue weighted by molar-refractivity contribution is 5.78. The highest BCUT2D eigenvalue weighted by Crippen LogP contribution is 2.30. The summed E-state index contributed by atoms with van der Waals surface area (Å²) in [6, 6.07) is 5.12. The van der Waals surface area contributed by atoms with Gasteiger partial charge < -0.3 is 14.7 Å². The van der Waals surface area contributed by atoms with E-state index in [1.165, 1.54) is 6.07 Å². The lowest BCUT2D eigenvalue weighted by Crippen LogP contribution is -2.34. The maximum absolute atomic E-state index is 12.9. The van der Waals surface area contributed by atoms with E-state index in [1.54, 1.807) is 13.0 Å². The topological polar surface area (TPSA) is 66.8 Å². The molecule has 1 aliphatic heterocycles. The molecule has 0 saturated carbocycles. The van der Waals surface area contributed by atoms with Gasteiger partial charge in [0, 0.05) is 25.4 Å². The number of benzene rings is 1. The molecule has 1 N–H and O–H groups in total. The Morgan fingerprint density at radius 3 is 2.72 bits per heavy atom. The first-order valence-electron chi connectivity index (χ1n) is 11.5. The van der Waals surface area contributed by atoms with E-state index in [-0.39, 0.29) is 24.3 Å². The lowest BCUT2D eigenvalue weighted by atomic mass is 9.99. The van der Waals surface area contributed by atoms with Crippen LogP contribution in [0.4, 0.5) is 13.2 Å². The molecule has 0 aromatic heterocycles. The minimum Gasteiger partial charge on any atom is -0.466 e. The first-order valence-corrected chi connectivity index (χ1v) is 11.5. The molecule has 1 aromatic carbocycles. The number of unbranched alkanes of at least 4 members (excludes halogenated alkanes) is 3. The Bertz CT molecular complexity index is 738. The second kappa shape index (κ2) is 12.8. The number of aliphatic hydroxyl groups excluding tert-OH is 1. The van der Waals surface area contributed by atoms with E-state index in [1.807, 2.05) is 4.90 Å². The van der Waals surface area contributed by atoms with Crippen LogP contribution in [-0.4, -0.2) is 47.2 Å². The molecule has 1 amide bonds. The number of aliphatic hydroxyl groups is 1. The van der Waals surface area contributed by atoms with Gasteiger partial charge in [-0.05, 0) is 57.1 Å². The van der Waals surface area contributed by atoms with E-state index in [4.69, 9.17) is 4.74 Å². The minimum atomic E-state index is -4.40. The molecule has 0 bridgehead atoms. The summed E-state index contributed by atoms with van der Waals surface area (Å²) >= 11 is 0. The molecular formula is C24H34F3NO4. The molecule has 2 rings (SSSR count). The standard InChI is InChI=1S/C24H34F3NO4/c1-2-32-23(31)10-5-3-4-6-15-28-20(12-14-22(28)30)11-13-21(29)17-18-8-7-9-19(16-18)24(25,26)27/h7-9,16,20-21,29H,2-6,10-15,17H2,1H3. The van der Waals surface area contributed by atoms with Gasteiger partial charge in [-0.15, -0.1) is 0 Å². The van der Waals surface area contributed by atoms with Crippen molar-refractivity contribution in [2.75, 3.05) is 13.2 Å². The van der Waals surface area contributed by atoms with Crippen LogP contribution in [0.5, 0.6) is 0 Å². The van der Waals surface area contributed by atoms with Crippen molar-refractivity contribution >= 4 is 11.9 Å². The number of halogens is 3. The fraction of sp³-hybridized carbons (Fsp3) is 0.667. The van der Waals surface area contributed by atoms with E-state index in [0.29, 0.717) is 44.4 Å². The van der Waals surface area contributed by atoms with Gasteiger partial charge in [0.25, 0.3) is 0 Å². The molecule has 1 fully saturated rings. The average Bonchev–Trinajstić information content (AvgIpc) is 3.08. The summed E-state index contributed by atoms with van der Waals surface area (Å²) in [4.78, 5) is 25.4. The van der Waals surface area contributed by atoms with Crippen LogP contribution in [0.2, 0.25) is 0 Å². The van der Waals surface area contributed by atoms with Crippen molar-refractivity contribution in [3.8, 4) is 0 Å². The molecule has 1 aliphatic rings. The highest BCUT2D eigenvalue weighted by Gasteiger charge is 2.31. The zero-order valence-electron chi connectivity index (χ0n) is 18.7. The molecule has 2 unspecified atom stereocenters. The van der Waals surface area contributed by atoms with E-state index >= 15 is 0 Å². The fourth-order valence-corrected chi connectivity index (χ4v) is 4.17. The highest BCUT2D eigenvalue weighted by atomic mass is 19.4. The Morgan fingerprint density at radius 2 is 2.00 bits per heavy atom. The summed E-state index contributed by atoms with van der Waals surface area (Å²) in [5, 5.41) is 10.3. The first-order chi connectivity index (χ1) is 15.2. The van der Waals surface area contributed by atoms with Gasteiger partial charge in [0.15, 0.2) is 0 Å². The van der Waals surface area contributed by atoms with Crippen molar-refractivity contribution in [2.24, 2.45) is 0 Å². The monoisotopic (exact) mass is 457 g/mol. The zero-order valence-corrected chi connectivity index (χ0v) is 18.7. The SMILES string of the molecule is CCOC(=O)CCCCCCN1C(=O)CCC1CCC(O)Cc1cccc(C(F)(F)F)c1. The maximum Gasteiger partial charge on any atom is 0.416 e. The molecule has 0 spiro atoms. The number of carbonyl (C=O) groups is 2. The summed E-state index contributed by atoms with van der Waals surface area (Å²) in [5.41, 5.74) is -0.258. The van der Waals surface area contributed by atoms with Crippen LogP contribution in [0.15, 0.2) is 24.3 Å². The molecule has 180 valence electrons. The minimum absolute atomic E-state index is 0.0678. The second-order valence-corrected chi connectivity index (χ2v) is 8.38. The van der Waals surface area contributed by atoms with Gasteiger partial charge in [0.1, 0.15) is 0 Å². The van der Waals surface area contributed by atoms with Crippen molar-refractivity contribution < 1.29 is 32.6 Å². The Kier molecular flexibility index (Phi) is 10.5. The number of likely N-dealkylation sites (tertiary alicyclic amines) is 1. The molecule has 1 saturated heterocycles. The van der Waals surface area contributed by atoms with E-state index in [2.05, 4.69) is 0 Å². The molecule has 0 radical (unpaired) electrons. The van der Waals surface area contributed by atoms with Gasteiger partial charge >= 0.3 is 12.1 Å². The molecular weight excluding hydrogens is 423 g/mol. The van der Waals surface area contributed by atoms with Crippen molar-refractivity contribution in [3.63, 3.8) is 0 Å². The number of esters is 1. The van der Waals surface area contributed by atoms with E-state index in [9.17, 15) is 27.9 Å². The van der Waals surface area contributed by atoms with Crippen LogP contribution < -0.4 is 0 Å². The molecule has 2 atom stereocenters. The van der Waals surface area contributed by atoms with Crippen molar-refractivity contribution in [1.29, 1.82) is 0 Å². The number of nitrogens with zero attached hydrogens (tertiary/aromatic N) is 1. The molecule has 0 aliphatic carbocycles. The largest absolute Gasteiger partial charge is 0.466 e. The number of alkyl halides is 3. The lowest BCUT2D eigenvalue weighted by molar-refractivity contribution is -0.143. The fourth-order valence-electron chi connectivity index (χ4n) is 4.17. The van der Waals surface area contributed by atoms with Gasteiger partial charge in [-0.3, -0.25) is 9.59 Å². The first kappa shape index (κ1) is 26.2. The number of ether oxygens (including phenoxy) is 1. The van der Waals surface area contributed by atoms with Gasteiger partial charge in [-0.2, -0.15) is 13.2 Å². The van der Waals surface area contributed by atoms with Crippen molar-refractivity contribution in [3.05, 3.63) is 35.4 Å². The third-order valence-electron chi connectivity index (χ3n) is 5.85. The number of hydrogen-bond acceptors (Lipinski definition) is 4. The Morgan fingerprint density at radius 1 is 1.25 bits per heavy atom. The molecule has 8 heteroatoms. The predicted octanol–water partition coefficient (Wildman–Crippen LogP) is 4.89. The quantitative estimate of drug-likeness (QED) is 0.338. The summed E-state index contributed by atoms with van der Waals surface area (Å²) in [7, 11) is 0. The molecule has 32 heavy (non-hydrogen) atoms. The van der Waals surface area contributed by atoms with Crippen LogP contribution in [0.1, 0.15) is 75.8 Å². The summed E-state index contributed by atoms with van der Waals surface area (Å²) in [6.45, 7) is 2.84. The van der Waals surface area contributed by atoms with Crippen LogP contribution in [0, 0.1) is 0 Å². The number of amides is 1. The van der Waals surface area contributed by atoms with Gasteiger partial charge in [-0.1, -0.05) is 31.0 Å². The zero-order chi connectivity index (χ0) is 23.6. The molecule has 1 heterocycles. The Labute approximate surface area is 187 Å². The smallest absolute Gasteiger partial charge is 0.416 e. The Balaban J connectivity index is 1.71. The predicted molar refractivity (Wildman–Crippen MR) is 115 cm³/mol. The third-order valence-corrected chi connectivity index (χ3v) is 5.85. The summed E-state index contributed by atoms with van der Waals surface area (Å²) in [6.07, 6.45) is 1.21. The van der Waals surface area contributed by atoms with Crippen LogP contribution >= 0.6 is 0 Å². The van der Waals surface area contributed by atoms with Gasteiger partial charge in [0.05, 0.1) is 18.3 Å². The Hall–Kier alpha value is -2.09. The molecule has 1 aromatic rings. The van der Waals surface area contributed by atoms with E-state index in [0.717, 1.165) is 44.2 Å². The molecule has 5 nitrogen and oxygen atoms in total.